The van der Waals surface area contributed by atoms with E-state index in [9.17, 15) is 8.42 Å². The Balaban J connectivity index is 1.94. The molecule has 0 bridgehead atoms. The predicted octanol–water partition coefficient (Wildman–Crippen LogP) is 3.07. The highest BCUT2D eigenvalue weighted by Gasteiger charge is 2.37. The molecule has 4 nitrogen and oxygen atoms in total. The van der Waals surface area contributed by atoms with E-state index in [-0.39, 0.29) is 11.8 Å². The minimum absolute atomic E-state index is 0.108. The summed E-state index contributed by atoms with van der Waals surface area (Å²) in [6.07, 6.45) is 0. The van der Waals surface area contributed by atoms with Gasteiger partial charge in [0.2, 0.25) is 0 Å². The molecule has 0 aliphatic carbocycles. The summed E-state index contributed by atoms with van der Waals surface area (Å²) in [7, 11) is -1.28. The maximum atomic E-state index is 12.3. The molecule has 0 saturated heterocycles. The first-order valence-electron chi connectivity index (χ1n) is 6.50. The molecule has 1 atom stereocenters. The minimum atomic E-state index is -3.22. The van der Waals surface area contributed by atoms with Crippen molar-refractivity contribution in [2.45, 2.75) is 24.4 Å². The lowest BCUT2D eigenvalue weighted by atomic mass is 10.1. The van der Waals surface area contributed by atoms with Gasteiger partial charge in [0.25, 0.3) is 0 Å². The molecule has 7 heteroatoms. The first-order valence-corrected chi connectivity index (χ1v) is 9.41. The number of sulfone groups is 1. The first-order chi connectivity index (χ1) is 9.88. The quantitative estimate of drug-likeness (QED) is 0.860. The van der Waals surface area contributed by atoms with Crippen LogP contribution in [0.2, 0.25) is 5.02 Å². The SMILES string of the molecule is Cc1ncsc1CN(C)[C@H]1CS(=O)(=O)c2ccc(Cl)cc21. The third kappa shape index (κ3) is 2.73. The van der Waals surface area contributed by atoms with Crippen molar-refractivity contribution in [3.05, 3.63) is 44.9 Å². The largest absolute Gasteiger partial charge is 0.293 e. The number of benzene rings is 1. The molecule has 3 rings (SSSR count). The third-order valence-electron chi connectivity index (χ3n) is 3.81. The molecule has 0 fully saturated rings. The summed E-state index contributed by atoms with van der Waals surface area (Å²) >= 11 is 7.63. The van der Waals surface area contributed by atoms with Crippen molar-refractivity contribution in [2.24, 2.45) is 0 Å². The van der Waals surface area contributed by atoms with Gasteiger partial charge in [0.15, 0.2) is 9.84 Å². The fourth-order valence-electron chi connectivity index (χ4n) is 2.63. The van der Waals surface area contributed by atoms with Crippen molar-refractivity contribution in [2.75, 3.05) is 12.8 Å². The summed E-state index contributed by atoms with van der Waals surface area (Å²) in [6, 6.07) is 4.85. The molecular weight excluding hydrogens is 328 g/mol. The van der Waals surface area contributed by atoms with Gasteiger partial charge in [-0.25, -0.2) is 13.4 Å². The second-order valence-electron chi connectivity index (χ2n) is 5.26. The van der Waals surface area contributed by atoms with E-state index < -0.39 is 9.84 Å². The van der Waals surface area contributed by atoms with Crippen LogP contribution in [0.3, 0.4) is 0 Å². The lowest BCUT2D eigenvalue weighted by Gasteiger charge is -2.23. The Kier molecular flexibility index (Phi) is 3.81. The second kappa shape index (κ2) is 5.35. The number of nitrogens with zero attached hydrogens (tertiary/aromatic N) is 2. The average molecular weight is 343 g/mol. The molecule has 21 heavy (non-hydrogen) atoms. The summed E-state index contributed by atoms with van der Waals surface area (Å²) in [4.78, 5) is 7.86. The van der Waals surface area contributed by atoms with Crippen LogP contribution in [-0.4, -0.2) is 31.1 Å². The van der Waals surface area contributed by atoms with Gasteiger partial charge in [-0.05, 0) is 37.7 Å². The smallest absolute Gasteiger partial charge is 0.180 e. The molecule has 1 aliphatic heterocycles. The molecule has 2 aromatic rings. The summed E-state index contributed by atoms with van der Waals surface area (Å²) in [6.45, 7) is 2.65. The molecule has 112 valence electrons. The number of fused-ring (bicyclic) bond motifs is 1. The number of hydrogen-bond donors (Lipinski definition) is 0. The van der Waals surface area contributed by atoms with E-state index in [0.29, 0.717) is 16.5 Å². The minimum Gasteiger partial charge on any atom is -0.293 e. The fraction of sp³-hybridized carbons (Fsp3) is 0.357. The van der Waals surface area contributed by atoms with Crippen LogP contribution in [0.1, 0.15) is 22.2 Å². The van der Waals surface area contributed by atoms with Crippen molar-refractivity contribution in [1.29, 1.82) is 0 Å². The van der Waals surface area contributed by atoms with Gasteiger partial charge >= 0.3 is 0 Å². The zero-order chi connectivity index (χ0) is 15.2. The molecule has 1 aromatic carbocycles. The molecule has 0 spiro atoms. The highest BCUT2D eigenvalue weighted by atomic mass is 35.5. The molecule has 0 saturated carbocycles. The van der Waals surface area contributed by atoms with Crippen molar-refractivity contribution in [3.8, 4) is 0 Å². The highest BCUT2D eigenvalue weighted by molar-refractivity contribution is 7.91. The van der Waals surface area contributed by atoms with Crippen LogP contribution in [0.25, 0.3) is 0 Å². The lowest BCUT2D eigenvalue weighted by Crippen LogP contribution is -2.25. The highest BCUT2D eigenvalue weighted by Crippen LogP contribution is 2.38. The van der Waals surface area contributed by atoms with Crippen LogP contribution >= 0.6 is 22.9 Å². The molecular formula is C14H15ClN2O2S2. The summed E-state index contributed by atoms with van der Waals surface area (Å²) in [5.74, 6) is 0.108. The van der Waals surface area contributed by atoms with Crippen LogP contribution in [0.4, 0.5) is 0 Å². The third-order valence-corrected chi connectivity index (χ3v) is 6.76. The lowest BCUT2D eigenvalue weighted by molar-refractivity contribution is 0.258. The predicted molar refractivity (Wildman–Crippen MR) is 84.6 cm³/mol. The molecule has 1 aromatic heterocycles. The monoisotopic (exact) mass is 342 g/mol. The zero-order valence-electron chi connectivity index (χ0n) is 11.7. The van der Waals surface area contributed by atoms with Gasteiger partial charge in [-0.3, -0.25) is 4.90 Å². The van der Waals surface area contributed by atoms with Crippen LogP contribution in [0.15, 0.2) is 28.6 Å². The van der Waals surface area contributed by atoms with Gasteiger partial charge in [0.05, 0.1) is 27.9 Å². The molecule has 0 radical (unpaired) electrons. The van der Waals surface area contributed by atoms with Crippen molar-refractivity contribution in [1.82, 2.24) is 9.88 Å². The fourth-order valence-corrected chi connectivity index (χ4v) is 5.51. The number of thiazole rings is 1. The van der Waals surface area contributed by atoms with Gasteiger partial charge < -0.3 is 0 Å². The van der Waals surface area contributed by atoms with Crippen molar-refractivity contribution in [3.63, 3.8) is 0 Å². The zero-order valence-corrected chi connectivity index (χ0v) is 14.1. The van der Waals surface area contributed by atoms with Crippen LogP contribution in [0, 0.1) is 6.92 Å². The Bertz CT molecular complexity index is 786. The van der Waals surface area contributed by atoms with E-state index in [2.05, 4.69) is 9.88 Å². The summed E-state index contributed by atoms with van der Waals surface area (Å²) < 4.78 is 24.5. The maximum absolute atomic E-state index is 12.3. The Hall–Kier alpha value is -0.950. The van der Waals surface area contributed by atoms with E-state index in [0.717, 1.165) is 16.1 Å². The average Bonchev–Trinajstić information content (AvgIpc) is 2.92. The number of aromatic nitrogens is 1. The van der Waals surface area contributed by atoms with Gasteiger partial charge in [-0.15, -0.1) is 11.3 Å². The first kappa shape index (κ1) is 15.0. The molecule has 0 N–H and O–H groups in total. The Morgan fingerprint density at radius 1 is 1.48 bits per heavy atom. The topological polar surface area (TPSA) is 50.3 Å². The standard InChI is InChI=1S/C14H15ClN2O2S2/c1-9-13(20-8-16-9)6-17(2)12-7-21(18,19)14-4-3-10(15)5-11(12)14/h3-5,8,12H,6-7H2,1-2H3/t12-/m0/s1. The van der Waals surface area contributed by atoms with E-state index in [1.54, 1.807) is 29.5 Å². The molecule has 0 amide bonds. The Labute approximate surface area is 133 Å². The van der Waals surface area contributed by atoms with Crippen molar-refractivity contribution < 1.29 is 8.42 Å². The molecule has 0 unspecified atom stereocenters. The van der Waals surface area contributed by atoms with Gasteiger partial charge in [0, 0.05) is 16.4 Å². The normalized spacial score (nSPS) is 19.9. The van der Waals surface area contributed by atoms with Crippen molar-refractivity contribution >= 4 is 32.8 Å². The number of halogens is 1. The van der Waals surface area contributed by atoms with Crippen LogP contribution in [0.5, 0.6) is 0 Å². The van der Waals surface area contributed by atoms with Gasteiger partial charge in [-0.2, -0.15) is 0 Å². The number of rotatable bonds is 3. The number of hydrogen-bond acceptors (Lipinski definition) is 5. The van der Waals surface area contributed by atoms with E-state index in [1.165, 1.54) is 0 Å². The summed E-state index contributed by atoms with van der Waals surface area (Å²) in [5, 5.41) is 0.568. The molecule has 1 aliphatic rings. The van der Waals surface area contributed by atoms with Gasteiger partial charge in [0.1, 0.15) is 0 Å². The second-order valence-corrected chi connectivity index (χ2v) is 8.63. The maximum Gasteiger partial charge on any atom is 0.180 e. The Morgan fingerprint density at radius 3 is 2.90 bits per heavy atom. The van der Waals surface area contributed by atoms with Crippen LogP contribution < -0.4 is 0 Å². The van der Waals surface area contributed by atoms with E-state index in [4.69, 9.17) is 11.6 Å². The van der Waals surface area contributed by atoms with E-state index >= 15 is 0 Å². The molecule has 2 heterocycles. The van der Waals surface area contributed by atoms with Crippen LogP contribution in [-0.2, 0) is 16.4 Å². The van der Waals surface area contributed by atoms with Gasteiger partial charge in [-0.1, -0.05) is 11.6 Å². The Morgan fingerprint density at radius 2 is 2.24 bits per heavy atom. The number of aryl methyl sites for hydroxylation is 1. The summed E-state index contributed by atoms with van der Waals surface area (Å²) in [5.41, 5.74) is 3.61. The van der Waals surface area contributed by atoms with E-state index in [1.807, 2.05) is 19.5 Å².